The molecule has 6 heteroatoms. The number of nitrogens with zero attached hydrogens (tertiary/aromatic N) is 3. The van der Waals surface area contributed by atoms with Crippen LogP contribution in [0.5, 0.6) is 5.75 Å². The zero-order chi connectivity index (χ0) is 39.0. The van der Waals surface area contributed by atoms with Crippen molar-refractivity contribution in [3.05, 3.63) is 107 Å². The summed E-state index contributed by atoms with van der Waals surface area (Å²) >= 11 is 0. The number of allylic oxidation sites excluding steroid dienone is 6. The van der Waals surface area contributed by atoms with Gasteiger partial charge in [-0.15, -0.1) is 0 Å². The van der Waals surface area contributed by atoms with E-state index in [4.69, 9.17) is 27.0 Å². The second-order valence-electron chi connectivity index (χ2n) is 15.3. The Morgan fingerprint density at radius 2 is 1.91 bits per heavy atom. The van der Waals surface area contributed by atoms with E-state index >= 15 is 0 Å². The maximum Gasteiger partial charge on any atom is 0.227 e. The van der Waals surface area contributed by atoms with Crippen molar-refractivity contribution in [3.8, 4) is 5.75 Å². The van der Waals surface area contributed by atoms with Gasteiger partial charge in [0.25, 0.3) is 0 Å². The van der Waals surface area contributed by atoms with E-state index in [0.717, 1.165) is 96.6 Å². The molecule has 0 saturated heterocycles. The number of hydrogen-bond acceptors (Lipinski definition) is 6. The molecule has 1 aromatic heterocycles. The van der Waals surface area contributed by atoms with E-state index in [2.05, 4.69) is 114 Å². The van der Waals surface area contributed by atoms with Crippen molar-refractivity contribution >= 4 is 28.5 Å². The van der Waals surface area contributed by atoms with Gasteiger partial charge in [0, 0.05) is 28.9 Å². The van der Waals surface area contributed by atoms with Crippen molar-refractivity contribution in [2.45, 2.75) is 118 Å². The van der Waals surface area contributed by atoms with Gasteiger partial charge < -0.3 is 20.7 Å². The van der Waals surface area contributed by atoms with E-state index in [1.54, 1.807) is 7.11 Å². The number of nitrogens with two attached hydrogens (primary N) is 1. The smallest absolute Gasteiger partial charge is 0.227 e. The first-order chi connectivity index (χ1) is 26.2. The van der Waals surface area contributed by atoms with Crippen LogP contribution in [-0.2, 0) is 12.8 Å². The summed E-state index contributed by atoms with van der Waals surface area (Å²) in [6, 6.07) is 10.9. The molecule has 0 radical (unpaired) electrons. The van der Waals surface area contributed by atoms with Gasteiger partial charge >= 0.3 is 0 Å². The van der Waals surface area contributed by atoms with Gasteiger partial charge in [0.15, 0.2) is 0 Å². The molecule has 3 unspecified atom stereocenters. The molecule has 3 atom stereocenters. The first kappa shape index (κ1) is 42.6. The number of nitrogens with one attached hydrogen (secondary N) is 1. The minimum Gasteiger partial charge on any atom is -0.495 e. The van der Waals surface area contributed by atoms with E-state index in [0.29, 0.717) is 17.8 Å². The Labute approximate surface area is 328 Å². The number of hydrogen-bond donors (Lipinski definition) is 2. The molecule has 0 fully saturated rings. The lowest BCUT2D eigenvalue weighted by Gasteiger charge is -2.23. The number of anilines is 3. The molecule has 292 valence electrons. The highest BCUT2D eigenvalue weighted by Crippen LogP contribution is 2.40. The SMILES string of the molecule is C=C(c1cnc(Nc2cc(N)c(C(CC)CCCN(C)C)cc2OC)nc1C(=CC)c1cccc2c1CC(CC)CCC2)C(C=CC=CCCCC)CC. The molecule has 1 aliphatic rings. The molecular weight excluding hydrogens is 663 g/mol. The number of aryl methyl sites for hydroxylation is 1. The van der Waals surface area contributed by atoms with Crippen molar-refractivity contribution in [2.24, 2.45) is 11.8 Å². The van der Waals surface area contributed by atoms with Crippen molar-refractivity contribution < 1.29 is 4.74 Å². The summed E-state index contributed by atoms with van der Waals surface area (Å²) in [5, 5.41) is 3.52. The summed E-state index contributed by atoms with van der Waals surface area (Å²) in [4.78, 5) is 12.5. The van der Waals surface area contributed by atoms with E-state index in [1.807, 2.05) is 12.3 Å². The van der Waals surface area contributed by atoms with Crippen LogP contribution in [0.4, 0.5) is 17.3 Å². The highest BCUT2D eigenvalue weighted by molar-refractivity contribution is 5.87. The third-order valence-electron chi connectivity index (χ3n) is 11.3. The lowest BCUT2D eigenvalue weighted by Crippen LogP contribution is -2.14. The highest BCUT2D eigenvalue weighted by atomic mass is 16.5. The maximum atomic E-state index is 6.79. The molecule has 0 bridgehead atoms. The number of ether oxygens (including phenoxy) is 1. The van der Waals surface area contributed by atoms with Gasteiger partial charge in [-0.2, -0.15) is 0 Å². The van der Waals surface area contributed by atoms with Crippen molar-refractivity contribution in [3.63, 3.8) is 0 Å². The van der Waals surface area contributed by atoms with Crippen LogP contribution in [0.25, 0.3) is 11.1 Å². The molecule has 4 rings (SSSR count). The highest BCUT2D eigenvalue weighted by Gasteiger charge is 2.25. The number of fused-ring (bicyclic) bond motifs is 1. The number of methoxy groups -OCH3 is 1. The summed E-state index contributed by atoms with van der Waals surface area (Å²) in [5.74, 6) is 2.43. The van der Waals surface area contributed by atoms with Crippen LogP contribution in [0.15, 0.2) is 73.5 Å². The van der Waals surface area contributed by atoms with Crippen LogP contribution in [0, 0.1) is 11.8 Å². The largest absolute Gasteiger partial charge is 0.495 e. The molecule has 0 saturated carbocycles. The van der Waals surface area contributed by atoms with Gasteiger partial charge in [0.05, 0.1) is 18.5 Å². The van der Waals surface area contributed by atoms with Crippen LogP contribution in [0.2, 0.25) is 0 Å². The molecule has 2 aromatic carbocycles. The monoisotopic (exact) mass is 732 g/mol. The molecule has 1 heterocycles. The van der Waals surface area contributed by atoms with Crippen LogP contribution >= 0.6 is 0 Å². The standard InChI is InChI=1S/C48H69N5O/c1-10-15-16-17-18-19-24-36(12-3)34(6)43-33-50-48(51-45-32-44(49)42(31-46(45)54-9)37(13-4)27-22-29-53(7)8)52-47(43)39(14-5)40-28-21-26-38-25-20-23-35(11-2)30-41(38)40/h14,17-19,21,24,26,28,31-33,35-37H,6,10-13,15-16,20,22-23,25,27,29-30,49H2,1-5,7-9H3,(H,50,51,52). The van der Waals surface area contributed by atoms with Crippen molar-refractivity contribution in [2.75, 3.05) is 38.8 Å². The summed E-state index contributed by atoms with van der Waals surface area (Å²) in [5.41, 5.74) is 17.6. The molecule has 6 nitrogen and oxygen atoms in total. The first-order valence-corrected chi connectivity index (χ1v) is 20.8. The molecule has 0 amide bonds. The Morgan fingerprint density at radius 1 is 1.09 bits per heavy atom. The number of rotatable bonds is 20. The molecule has 54 heavy (non-hydrogen) atoms. The van der Waals surface area contributed by atoms with Crippen molar-refractivity contribution in [1.82, 2.24) is 14.9 Å². The van der Waals surface area contributed by atoms with E-state index in [-0.39, 0.29) is 5.92 Å². The average Bonchev–Trinajstić information content (AvgIpc) is 3.39. The number of unbranched alkanes of at least 4 members (excludes halogenated alkanes) is 2. The Balaban J connectivity index is 1.79. The van der Waals surface area contributed by atoms with Gasteiger partial charge in [0.2, 0.25) is 5.95 Å². The molecule has 3 N–H and O–H groups in total. The van der Waals surface area contributed by atoms with Crippen LogP contribution in [0.3, 0.4) is 0 Å². The molecule has 3 aromatic rings. The predicted molar refractivity (Wildman–Crippen MR) is 234 cm³/mol. The minimum absolute atomic E-state index is 0.147. The van der Waals surface area contributed by atoms with Gasteiger partial charge in [0.1, 0.15) is 5.75 Å². The van der Waals surface area contributed by atoms with Gasteiger partial charge in [-0.1, -0.05) is 102 Å². The fourth-order valence-electron chi connectivity index (χ4n) is 7.96. The third-order valence-corrected chi connectivity index (χ3v) is 11.3. The summed E-state index contributed by atoms with van der Waals surface area (Å²) in [6.45, 7) is 16.9. The zero-order valence-electron chi connectivity index (χ0n) is 34.8. The first-order valence-electron chi connectivity index (χ1n) is 20.8. The second-order valence-corrected chi connectivity index (χ2v) is 15.3. The number of aromatic nitrogens is 2. The lowest BCUT2D eigenvalue weighted by molar-refractivity contribution is 0.382. The predicted octanol–water partition coefficient (Wildman–Crippen LogP) is 12.3. The van der Waals surface area contributed by atoms with Gasteiger partial charge in [-0.05, 0) is 137 Å². The Hall–Kier alpha value is -4.16. The fraction of sp³-hybridized carbons (Fsp3) is 0.500. The van der Waals surface area contributed by atoms with E-state index in [9.17, 15) is 0 Å². The van der Waals surface area contributed by atoms with Crippen LogP contribution in [-0.4, -0.2) is 42.6 Å². The fourth-order valence-corrected chi connectivity index (χ4v) is 7.96. The van der Waals surface area contributed by atoms with Crippen molar-refractivity contribution in [1.29, 1.82) is 0 Å². The summed E-state index contributed by atoms with van der Waals surface area (Å²) < 4.78 is 5.97. The minimum atomic E-state index is 0.147. The Morgan fingerprint density at radius 3 is 2.59 bits per heavy atom. The molecule has 1 aliphatic carbocycles. The van der Waals surface area contributed by atoms with Gasteiger partial charge in [-0.25, -0.2) is 9.97 Å². The number of benzene rings is 2. The van der Waals surface area contributed by atoms with Gasteiger partial charge in [-0.3, -0.25) is 0 Å². The zero-order valence-corrected chi connectivity index (χ0v) is 34.8. The summed E-state index contributed by atoms with van der Waals surface area (Å²) in [7, 11) is 5.96. The normalized spacial score (nSPS) is 16.1. The Kier molecular flexibility index (Phi) is 17.1. The van der Waals surface area contributed by atoms with Crippen LogP contribution < -0.4 is 15.8 Å². The summed E-state index contributed by atoms with van der Waals surface area (Å²) in [6.07, 6.45) is 26.6. The molecule has 0 spiro atoms. The molecule has 0 aliphatic heterocycles. The van der Waals surface area contributed by atoms with Crippen LogP contribution in [0.1, 0.15) is 138 Å². The maximum absolute atomic E-state index is 6.79. The van der Waals surface area contributed by atoms with E-state index in [1.165, 1.54) is 48.8 Å². The lowest BCUT2D eigenvalue weighted by atomic mass is 9.84. The molecular formula is C48H69N5O. The number of nitrogen functional groups attached to an aromatic ring is 1. The quantitative estimate of drug-likeness (QED) is 0.0521. The third kappa shape index (κ3) is 11.2. The topological polar surface area (TPSA) is 76.3 Å². The second kappa shape index (κ2) is 21.7. The Bertz CT molecular complexity index is 1750. The average molecular weight is 732 g/mol. The van der Waals surface area contributed by atoms with E-state index < -0.39 is 0 Å².